The summed E-state index contributed by atoms with van der Waals surface area (Å²) in [5.74, 6) is 0.558. The largest absolute Gasteiger partial charge is 0.467 e. The van der Waals surface area contributed by atoms with E-state index in [4.69, 9.17) is 4.42 Å². The highest BCUT2D eigenvalue weighted by Crippen LogP contribution is 2.11. The number of aliphatic hydroxyl groups is 1. The third kappa shape index (κ3) is 2.68. The van der Waals surface area contributed by atoms with Gasteiger partial charge in [-0.2, -0.15) is 0 Å². The number of aromatic nitrogens is 1. The third-order valence-corrected chi connectivity index (χ3v) is 2.01. The molecule has 0 radical (unpaired) electrons. The number of nitrogens with one attached hydrogen (secondary N) is 1. The van der Waals surface area contributed by atoms with Crippen molar-refractivity contribution in [1.29, 1.82) is 0 Å². The van der Waals surface area contributed by atoms with Crippen LogP contribution >= 0.6 is 0 Å². The molecule has 80 valence electrons. The van der Waals surface area contributed by atoms with Crippen molar-refractivity contribution in [2.75, 3.05) is 6.54 Å². The first-order valence-electron chi connectivity index (χ1n) is 4.67. The summed E-state index contributed by atoms with van der Waals surface area (Å²) < 4.78 is 9.73. The fourth-order valence-corrected chi connectivity index (χ4v) is 1.25. The molecule has 0 aromatic carbocycles. The van der Waals surface area contributed by atoms with Crippen molar-refractivity contribution in [3.8, 4) is 0 Å². The van der Waals surface area contributed by atoms with E-state index in [1.54, 1.807) is 18.2 Å². The van der Waals surface area contributed by atoms with Crippen LogP contribution in [0, 0.1) is 0 Å². The molecule has 0 fully saturated rings. The summed E-state index contributed by atoms with van der Waals surface area (Å²) in [7, 11) is 0. The van der Waals surface area contributed by atoms with Crippen LogP contribution in [0.4, 0.5) is 0 Å². The minimum absolute atomic E-state index is 0.417. The van der Waals surface area contributed by atoms with Gasteiger partial charge in [-0.1, -0.05) is 5.16 Å². The molecule has 0 aliphatic carbocycles. The van der Waals surface area contributed by atoms with Crippen LogP contribution in [-0.4, -0.2) is 16.8 Å². The van der Waals surface area contributed by atoms with E-state index in [1.165, 1.54) is 12.5 Å². The Morgan fingerprint density at radius 2 is 2.33 bits per heavy atom. The van der Waals surface area contributed by atoms with E-state index >= 15 is 0 Å². The van der Waals surface area contributed by atoms with Crippen LogP contribution in [0.5, 0.6) is 0 Å². The molecule has 0 bridgehead atoms. The molecular formula is C10H12N2O3. The molecular weight excluding hydrogens is 196 g/mol. The summed E-state index contributed by atoms with van der Waals surface area (Å²) in [4.78, 5) is 0. The van der Waals surface area contributed by atoms with Gasteiger partial charge < -0.3 is 19.4 Å². The van der Waals surface area contributed by atoms with Gasteiger partial charge in [-0.15, -0.1) is 0 Å². The zero-order valence-corrected chi connectivity index (χ0v) is 8.09. The molecule has 0 aliphatic rings. The zero-order chi connectivity index (χ0) is 10.5. The third-order valence-electron chi connectivity index (χ3n) is 2.01. The van der Waals surface area contributed by atoms with Gasteiger partial charge in [0.2, 0.25) is 0 Å². The average Bonchev–Trinajstić information content (AvgIpc) is 2.90. The first-order valence-corrected chi connectivity index (χ1v) is 4.67. The number of aliphatic hydroxyl groups excluding tert-OH is 1. The Labute approximate surface area is 86.7 Å². The van der Waals surface area contributed by atoms with Crippen molar-refractivity contribution in [3.63, 3.8) is 0 Å². The maximum absolute atomic E-state index is 9.64. The van der Waals surface area contributed by atoms with Gasteiger partial charge in [0.15, 0.2) is 0 Å². The van der Waals surface area contributed by atoms with Crippen molar-refractivity contribution in [2.45, 2.75) is 12.6 Å². The lowest BCUT2D eigenvalue weighted by Gasteiger charge is -2.07. The second-order valence-electron chi connectivity index (χ2n) is 3.15. The fraction of sp³-hybridized carbons (Fsp3) is 0.300. The van der Waals surface area contributed by atoms with Crippen molar-refractivity contribution >= 4 is 0 Å². The van der Waals surface area contributed by atoms with Gasteiger partial charge in [-0.25, -0.2) is 0 Å². The molecule has 0 saturated carbocycles. The van der Waals surface area contributed by atoms with E-state index in [-0.39, 0.29) is 0 Å². The predicted molar refractivity (Wildman–Crippen MR) is 51.9 cm³/mol. The van der Waals surface area contributed by atoms with Crippen LogP contribution in [0.1, 0.15) is 17.6 Å². The van der Waals surface area contributed by atoms with E-state index in [1.807, 2.05) is 0 Å². The summed E-state index contributed by atoms with van der Waals surface area (Å²) in [6, 6.07) is 5.25. The quantitative estimate of drug-likeness (QED) is 0.769. The van der Waals surface area contributed by atoms with E-state index in [9.17, 15) is 5.11 Å². The van der Waals surface area contributed by atoms with Crippen molar-refractivity contribution in [3.05, 3.63) is 42.2 Å². The molecule has 2 N–H and O–H groups in total. The van der Waals surface area contributed by atoms with E-state index in [0.717, 1.165) is 5.69 Å². The molecule has 15 heavy (non-hydrogen) atoms. The summed E-state index contributed by atoms with van der Waals surface area (Å²) >= 11 is 0. The van der Waals surface area contributed by atoms with Crippen LogP contribution in [0.3, 0.4) is 0 Å². The standard InChI is InChI=1S/C10H12N2O3/c13-9(10-2-1-4-14-10)7-11-6-8-3-5-15-12-8/h1-5,9,11,13H,6-7H2. The average molecular weight is 208 g/mol. The molecule has 0 amide bonds. The van der Waals surface area contributed by atoms with Crippen LogP contribution < -0.4 is 5.32 Å². The van der Waals surface area contributed by atoms with Gasteiger partial charge in [0.25, 0.3) is 0 Å². The molecule has 0 spiro atoms. The summed E-state index contributed by atoms with van der Waals surface area (Å²) in [6.45, 7) is 0.981. The van der Waals surface area contributed by atoms with Gasteiger partial charge in [-0.05, 0) is 12.1 Å². The molecule has 1 unspecified atom stereocenters. The number of nitrogens with zero attached hydrogens (tertiary/aromatic N) is 1. The van der Waals surface area contributed by atoms with Crippen LogP contribution in [0.2, 0.25) is 0 Å². The van der Waals surface area contributed by atoms with E-state index < -0.39 is 6.10 Å². The summed E-state index contributed by atoms with van der Waals surface area (Å²) in [5.41, 5.74) is 0.807. The van der Waals surface area contributed by atoms with Gasteiger partial charge in [0, 0.05) is 19.2 Å². The number of hydrogen-bond acceptors (Lipinski definition) is 5. The predicted octanol–water partition coefficient (Wildman–Crippen LogP) is 1.09. The molecule has 5 heteroatoms. The Kier molecular flexibility index (Phi) is 3.16. The highest BCUT2D eigenvalue weighted by atomic mass is 16.5. The number of rotatable bonds is 5. The second-order valence-corrected chi connectivity index (χ2v) is 3.15. The molecule has 0 aliphatic heterocycles. The summed E-state index contributed by atoms with van der Waals surface area (Å²) in [5, 5.41) is 16.4. The minimum Gasteiger partial charge on any atom is -0.467 e. The van der Waals surface area contributed by atoms with Crippen molar-refractivity contribution in [1.82, 2.24) is 10.5 Å². The Morgan fingerprint density at radius 1 is 1.40 bits per heavy atom. The molecule has 2 heterocycles. The topological polar surface area (TPSA) is 71.4 Å². The lowest BCUT2D eigenvalue weighted by atomic mass is 10.2. The Hall–Kier alpha value is -1.59. The maximum atomic E-state index is 9.64. The smallest absolute Gasteiger partial charge is 0.133 e. The molecule has 2 aromatic rings. The Morgan fingerprint density at radius 3 is 3.00 bits per heavy atom. The van der Waals surface area contributed by atoms with E-state index in [2.05, 4.69) is 15.0 Å². The van der Waals surface area contributed by atoms with Crippen LogP contribution in [0.15, 0.2) is 39.7 Å². The van der Waals surface area contributed by atoms with Crippen molar-refractivity contribution < 1.29 is 14.0 Å². The lowest BCUT2D eigenvalue weighted by molar-refractivity contribution is 0.147. The molecule has 2 aromatic heterocycles. The van der Waals surface area contributed by atoms with Crippen LogP contribution in [-0.2, 0) is 6.54 Å². The Balaban J connectivity index is 1.74. The molecule has 0 saturated heterocycles. The SMILES string of the molecule is OC(CNCc1ccon1)c1ccco1. The summed E-state index contributed by atoms with van der Waals surface area (Å²) in [6.07, 6.45) is 2.42. The lowest BCUT2D eigenvalue weighted by Crippen LogP contribution is -2.20. The Bertz CT molecular complexity index is 369. The number of hydrogen-bond donors (Lipinski definition) is 2. The van der Waals surface area contributed by atoms with Gasteiger partial charge in [0.05, 0.1) is 12.0 Å². The minimum atomic E-state index is -0.632. The van der Waals surface area contributed by atoms with Gasteiger partial charge >= 0.3 is 0 Å². The second kappa shape index (κ2) is 4.77. The highest BCUT2D eigenvalue weighted by Gasteiger charge is 2.09. The number of furan rings is 1. The van der Waals surface area contributed by atoms with Crippen molar-refractivity contribution in [2.24, 2.45) is 0 Å². The molecule has 2 rings (SSSR count). The first-order chi connectivity index (χ1) is 7.36. The zero-order valence-electron chi connectivity index (χ0n) is 8.09. The maximum Gasteiger partial charge on any atom is 0.133 e. The fourth-order valence-electron chi connectivity index (χ4n) is 1.25. The molecule has 5 nitrogen and oxygen atoms in total. The van der Waals surface area contributed by atoms with E-state index in [0.29, 0.717) is 18.8 Å². The van der Waals surface area contributed by atoms with Gasteiger partial charge in [0.1, 0.15) is 18.1 Å². The van der Waals surface area contributed by atoms with Gasteiger partial charge in [-0.3, -0.25) is 0 Å². The monoisotopic (exact) mass is 208 g/mol. The first kappa shape index (κ1) is 9.95. The van der Waals surface area contributed by atoms with Crippen LogP contribution in [0.25, 0.3) is 0 Å². The normalized spacial score (nSPS) is 12.9. The molecule has 1 atom stereocenters. The highest BCUT2D eigenvalue weighted by molar-refractivity contribution is 5.02.